The van der Waals surface area contributed by atoms with E-state index in [2.05, 4.69) is 10.1 Å². The third kappa shape index (κ3) is 3.59. The Morgan fingerprint density at radius 3 is 2.46 bits per heavy atom. The van der Waals surface area contributed by atoms with E-state index in [1.165, 1.54) is 7.11 Å². The maximum Gasteiger partial charge on any atom is 0.337 e. The van der Waals surface area contributed by atoms with Crippen molar-refractivity contribution in [3.63, 3.8) is 0 Å². The van der Waals surface area contributed by atoms with Crippen molar-refractivity contribution in [1.82, 2.24) is 0 Å². The summed E-state index contributed by atoms with van der Waals surface area (Å²) in [6.45, 7) is 2.23. The van der Waals surface area contributed by atoms with E-state index in [1.54, 1.807) is 29.2 Å². The third-order valence-corrected chi connectivity index (χ3v) is 4.50. The van der Waals surface area contributed by atoms with Gasteiger partial charge in [-0.3, -0.25) is 9.59 Å². The zero-order chi connectivity index (χ0) is 18.7. The first kappa shape index (κ1) is 17.7. The highest BCUT2D eigenvalue weighted by molar-refractivity contribution is 6.04. The van der Waals surface area contributed by atoms with Crippen molar-refractivity contribution in [3.05, 3.63) is 59.7 Å². The number of esters is 1. The van der Waals surface area contributed by atoms with Crippen molar-refractivity contribution in [1.29, 1.82) is 0 Å². The molecule has 1 aliphatic heterocycles. The normalized spacial score (nSPS) is 16.5. The number of nitrogens with zero attached hydrogens (tertiary/aromatic N) is 1. The molecule has 2 aromatic carbocycles. The number of nitrogens with one attached hydrogen (secondary N) is 1. The Hall–Kier alpha value is -3.15. The third-order valence-electron chi connectivity index (χ3n) is 4.50. The predicted octanol–water partition coefficient (Wildman–Crippen LogP) is 2.77. The van der Waals surface area contributed by atoms with Crippen molar-refractivity contribution < 1.29 is 19.1 Å². The average molecular weight is 352 g/mol. The van der Waals surface area contributed by atoms with Gasteiger partial charge in [0.2, 0.25) is 11.8 Å². The number of amides is 2. The van der Waals surface area contributed by atoms with Crippen LogP contribution in [0.3, 0.4) is 0 Å². The Bertz CT molecular complexity index is 845. The average Bonchev–Trinajstić information content (AvgIpc) is 3.05. The van der Waals surface area contributed by atoms with Crippen molar-refractivity contribution in [2.24, 2.45) is 5.92 Å². The van der Waals surface area contributed by atoms with Gasteiger partial charge in [0.1, 0.15) is 0 Å². The topological polar surface area (TPSA) is 75.7 Å². The molecule has 6 heteroatoms. The number of hydrogen-bond donors (Lipinski definition) is 1. The van der Waals surface area contributed by atoms with Crippen molar-refractivity contribution >= 4 is 29.2 Å². The van der Waals surface area contributed by atoms with Crippen LogP contribution < -0.4 is 10.2 Å². The second kappa shape index (κ2) is 7.39. The molecule has 0 aliphatic carbocycles. The molecule has 1 unspecified atom stereocenters. The molecule has 1 saturated heterocycles. The zero-order valence-corrected chi connectivity index (χ0v) is 14.7. The molecule has 0 radical (unpaired) electrons. The lowest BCUT2D eigenvalue weighted by Crippen LogP contribution is -2.28. The number of methoxy groups -OCH3 is 1. The Morgan fingerprint density at radius 1 is 1.12 bits per heavy atom. The molecular formula is C20H20N2O4. The Kier molecular flexibility index (Phi) is 5.02. The van der Waals surface area contributed by atoms with Crippen LogP contribution in [0.2, 0.25) is 0 Å². The summed E-state index contributed by atoms with van der Waals surface area (Å²) in [5, 5.41) is 2.90. The summed E-state index contributed by atoms with van der Waals surface area (Å²) in [5.41, 5.74) is 2.80. The van der Waals surface area contributed by atoms with Crippen LogP contribution >= 0.6 is 0 Å². The first-order valence-corrected chi connectivity index (χ1v) is 8.35. The highest BCUT2D eigenvalue weighted by atomic mass is 16.5. The molecule has 0 spiro atoms. The fourth-order valence-electron chi connectivity index (χ4n) is 2.98. The van der Waals surface area contributed by atoms with E-state index in [1.807, 2.05) is 31.2 Å². The van der Waals surface area contributed by atoms with Gasteiger partial charge in [-0.25, -0.2) is 4.79 Å². The van der Waals surface area contributed by atoms with Gasteiger partial charge >= 0.3 is 5.97 Å². The maximum absolute atomic E-state index is 12.5. The lowest BCUT2D eigenvalue weighted by molar-refractivity contribution is -0.122. The fourth-order valence-corrected chi connectivity index (χ4v) is 2.98. The lowest BCUT2D eigenvalue weighted by atomic mass is 10.1. The van der Waals surface area contributed by atoms with Crippen LogP contribution in [0.15, 0.2) is 48.5 Å². The second-order valence-corrected chi connectivity index (χ2v) is 6.25. The number of rotatable bonds is 4. The quantitative estimate of drug-likeness (QED) is 0.859. The number of para-hydroxylation sites is 1. The predicted molar refractivity (Wildman–Crippen MR) is 98.1 cm³/mol. The van der Waals surface area contributed by atoms with E-state index in [-0.39, 0.29) is 18.2 Å². The Balaban J connectivity index is 1.69. The smallest absolute Gasteiger partial charge is 0.337 e. The molecule has 134 valence electrons. The van der Waals surface area contributed by atoms with Gasteiger partial charge in [-0.1, -0.05) is 18.2 Å². The first-order chi connectivity index (χ1) is 12.5. The molecule has 3 rings (SSSR count). The minimum atomic E-state index is -0.431. The summed E-state index contributed by atoms with van der Waals surface area (Å²) in [5.74, 6) is -1.12. The SMILES string of the molecule is COC(=O)c1ccc(N2CC(C(=O)Nc3ccccc3C)CC2=O)cc1. The minimum absolute atomic E-state index is 0.110. The molecule has 1 N–H and O–H groups in total. The molecule has 6 nitrogen and oxygen atoms in total. The Labute approximate surface area is 151 Å². The van der Waals surface area contributed by atoms with Crippen molar-refractivity contribution in [2.45, 2.75) is 13.3 Å². The van der Waals surface area contributed by atoms with Gasteiger partial charge in [-0.15, -0.1) is 0 Å². The largest absolute Gasteiger partial charge is 0.465 e. The monoisotopic (exact) mass is 352 g/mol. The van der Waals surface area contributed by atoms with Crippen LogP contribution in [0.25, 0.3) is 0 Å². The number of ether oxygens (including phenoxy) is 1. The van der Waals surface area contributed by atoms with E-state index >= 15 is 0 Å². The molecule has 26 heavy (non-hydrogen) atoms. The van der Waals surface area contributed by atoms with E-state index in [9.17, 15) is 14.4 Å². The molecule has 1 heterocycles. The van der Waals surface area contributed by atoms with Gasteiger partial charge in [0.05, 0.1) is 18.6 Å². The van der Waals surface area contributed by atoms with Crippen LogP contribution in [0, 0.1) is 12.8 Å². The number of hydrogen-bond acceptors (Lipinski definition) is 4. The van der Waals surface area contributed by atoms with Gasteiger partial charge in [0.15, 0.2) is 0 Å². The van der Waals surface area contributed by atoms with Crippen LogP contribution in [-0.2, 0) is 14.3 Å². The first-order valence-electron chi connectivity index (χ1n) is 8.35. The molecular weight excluding hydrogens is 332 g/mol. The number of aryl methyl sites for hydroxylation is 1. The summed E-state index contributed by atoms with van der Waals surface area (Å²) in [7, 11) is 1.32. The second-order valence-electron chi connectivity index (χ2n) is 6.25. The molecule has 2 aromatic rings. The standard InChI is InChI=1S/C20H20N2O4/c1-13-5-3-4-6-17(13)21-19(24)15-11-18(23)22(12-15)16-9-7-14(8-10-16)20(25)26-2/h3-10,15H,11-12H2,1-2H3,(H,21,24). The molecule has 1 atom stereocenters. The lowest BCUT2D eigenvalue weighted by Gasteiger charge is -2.17. The molecule has 0 aromatic heterocycles. The highest BCUT2D eigenvalue weighted by Gasteiger charge is 2.35. The van der Waals surface area contributed by atoms with E-state index in [0.717, 1.165) is 11.3 Å². The molecule has 2 amide bonds. The van der Waals surface area contributed by atoms with Crippen LogP contribution in [0.5, 0.6) is 0 Å². The van der Waals surface area contributed by atoms with Gasteiger partial charge in [0, 0.05) is 24.3 Å². The summed E-state index contributed by atoms with van der Waals surface area (Å²) in [4.78, 5) is 37.9. The van der Waals surface area contributed by atoms with E-state index in [0.29, 0.717) is 17.8 Å². The van der Waals surface area contributed by atoms with Gasteiger partial charge in [-0.2, -0.15) is 0 Å². The summed E-state index contributed by atoms with van der Waals surface area (Å²) in [6, 6.07) is 14.1. The molecule has 0 saturated carbocycles. The van der Waals surface area contributed by atoms with Crippen molar-refractivity contribution in [2.75, 3.05) is 23.9 Å². The van der Waals surface area contributed by atoms with Gasteiger partial charge in [0.25, 0.3) is 0 Å². The number of anilines is 2. The Morgan fingerprint density at radius 2 is 1.81 bits per heavy atom. The van der Waals surface area contributed by atoms with Gasteiger partial charge in [-0.05, 0) is 42.8 Å². The fraction of sp³-hybridized carbons (Fsp3) is 0.250. The summed E-state index contributed by atoms with van der Waals surface area (Å²) >= 11 is 0. The molecule has 1 aliphatic rings. The number of carbonyl (C=O) groups excluding carboxylic acids is 3. The summed E-state index contributed by atoms with van der Waals surface area (Å²) < 4.78 is 4.67. The van der Waals surface area contributed by atoms with Crippen LogP contribution in [-0.4, -0.2) is 31.4 Å². The molecule has 0 bridgehead atoms. The van der Waals surface area contributed by atoms with E-state index in [4.69, 9.17) is 0 Å². The van der Waals surface area contributed by atoms with Crippen molar-refractivity contribution in [3.8, 4) is 0 Å². The number of carbonyl (C=O) groups is 3. The highest BCUT2D eigenvalue weighted by Crippen LogP contribution is 2.27. The summed E-state index contributed by atoms with van der Waals surface area (Å²) in [6.07, 6.45) is 0.163. The van der Waals surface area contributed by atoms with Crippen LogP contribution in [0.4, 0.5) is 11.4 Å². The van der Waals surface area contributed by atoms with E-state index < -0.39 is 11.9 Å². The number of benzene rings is 2. The van der Waals surface area contributed by atoms with Gasteiger partial charge < -0.3 is 15.0 Å². The zero-order valence-electron chi connectivity index (χ0n) is 14.7. The maximum atomic E-state index is 12.5. The minimum Gasteiger partial charge on any atom is -0.465 e. The molecule has 1 fully saturated rings. The van der Waals surface area contributed by atoms with Crippen LogP contribution in [0.1, 0.15) is 22.3 Å².